The Morgan fingerprint density at radius 1 is 1.29 bits per heavy atom. The van der Waals surface area contributed by atoms with Gasteiger partial charge in [0.1, 0.15) is 0 Å². The largest absolute Gasteiger partial charge is 0.586 e. The van der Waals surface area contributed by atoms with E-state index in [1.807, 2.05) is 0 Å². The van der Waals surface area contributed by atoms with Gasteiger partial charge in [-0.25, -0.2) is 0 Å². The molecule has 1 atom stereocenters. The van der Waals surface area contributed by atoms with Crippen LogP contribution in [0.4, 0.5) is 8.78 Å². The van der Waals surface area contributed by atoms with Crippen LogP contribution < -0.4 is 15.2 Å². The van der Waals surface area contributed by atoms with E-state index in [4.69, 9.17) is 5.73 Å². The average molecular weight is 243 g/mol. The quantitative estimate of drug-likeness (QED) is 0.883. The molecule has 1 aliphatic rings. The van der Waals surface area contributed by atoms with E-state index < -0.39 is 6.29 Å². The predicted molar refractivity (Wildman–Crippen MR) is 59.2 cm³/mol. The zero-order valence-corrected chi connectivity index (χ0v) is 9.58. The zero-order valence-electron chi connectivity index (χ0n) is 9.58. The first-order chi connectivity index (χ1) is 8.00. The highest BCUT2D eigenvalue weighted by atomic mass is 19.3. The molecule has 0 fully saturated rings. The first kappa shape index (κ1) is 12.1. The first-order valence-electron chi connectivity index (χ1n) is 5.59. The van der Waals surface area contributed by atoms with Gasteiger partial charge < -0.3 is 15.2 Å². The van der Waals surface area contributed by atoms with Gasteiger partial charge >= 0.3 is 6.29 Å². The summed E-state index contributed by atoms with van der Waals surface area (Å²) in [6.45, 7) is 2.70. The third-order valence-electron chi connectivity index (χ3n) is 2.71. The summed E-state index contributed by atoms with van der Waals surface area (Å²) in [5, 5.41) is 0. The first-order valence-corrected chi connectivity index (χ1v) is 5.59. The third-order valence-corrected chi connectivity index (χ3v) is 2.71. The van der Waals surface area contributed by atoms with Crippen LogP contribution in [0.3, 0.4) is 0 Å². The van der Waals surface area contributed by atoms with E-state index in [9.17, 15) is 8.78 Å². The summed E-state index contributed by atoms with van der Waals surface area (Å²) >= 11 is 0. The molecule has 0 bridgehead atoms. The molecule has 1 aliphatic heterocycles. The maximum Gasteiger partial charge on any atom is 0.586 e. The molecule has 0 amide bonds. The summed E-state index contributed by atoms with van der Waals surface area (Å²) in [7, 11) is 0. The van der Waals surface area contributed by atoms with Gasteiger partial charge in [-0.2, -0.15) is 0 Å². The molecule has 2 N–H and O–H groups in total. The summed E-state index contributed by atoms with van der Waals surface area (Å²) in [6.07, 6.45) is -1.84. The molecule has 1 aromatic rings. The molecule has 0 radical (unpaired) electrons. The Kier molecular flexibility index (Phi) is 3.19. The number of hydrogen-bond acceptors (Lipinski definition) is 3. The van der Waals surface area contributed by atoms with Crippen LogP contribution in [0, 0.1) is 5.92 Å². The number of alkyl halides is 2. The third kappa shape index (κ3) is 2.85. The lowest BCUT2D eigenvalue weighted by Crippen LogP contribution is -2.25. The van der Waals surface area contributed by atoms with Crippen LogP contribution in [0.1, 0.15) is 18.9 Å². The molecule has 1 heterocycles. The van der Waals surface area contributed by atoms with E-state index in [1.165, 1.54) is 6.07 Å². The fourth-order valence-electron chi connectivity index (χ4n) is 1.91. The van der Waals surface area contributed by atoms with E-state index >= 15 is 0 Å². The van der Waals surface area contributed by atoms with Crippen molar-refractivity contribution in [2.24, 2.45) is 11.7 Å². The molecule has 0 spiro atoms. The summed E-state index contributed by atoms with van der Waals surface area (Å²) in [4.78, 5) is 0. The maximum atomic E-state index is 12.8. The van der Waals surface area contributed by atoms with Crippen LogP contribution in [0.5, 0.6) is 11.5 Å². The molecule has 0 saturated carbocycles. The zero-order chi connectivity index (χ0) is 12.5. The summed E-state index contributed by atoms with van der Waals surface area (Å²) in [5.41, 5.74) is 6.41. The number of rotatable bonds is 4. The number of halogens is 2. The summed E-state index contributed by atoms with van der Waals surface area (Å²) in [5.74, 6) is 0.610. The maximum absolute atomic E-state index is 12.8. The SMILES string of the molecule is CC(CCN)Cc1ccc2c(c1)OC(F)(F)O2. The Bertz CT molecular complexity index is 409. The Balaban J connectivity index is 2.08. The van der Waals surface area contributed by atoms with Crippen LogP contribution in [0.15, 0.2) is 18.2 Å². The van der Waals surface area contributed by atoms with Crippen LogP contribution >= 0.6 is 0 Å². The van der Waals surface area contributed by atoms with Crippen LogP contribution in [0.25, 0.3) is 0 Å². The van der Waals surface area contributed by atoms with Gasteiger partial charge in [0.2, 0.25) is 0 Å². The topological polar surface area (TPSA) is 44.5 Å². The van der Waals surface area contributed by atoms with Crippen molar-refractivity contribution < 1.29 is 18.3 Å². The van der Waals surface area contributed by atoms with Crippen molar-refractivity contribution in [3.63, 3.8) is 0 Å². The second-order valence-corrected chi connectivity index (χ2v) is 4.34. The van der Waals surface area contributed by atoms with Gasteiger partial charge in [-0.05, 0) is 43.0 Å². The van der Waals surface area contributed by atoms with E-state index in [0.29, 0.717) is 12.5 Å². The lowest BCUT2D eigenvalue weighted by molar-refractivity contribution is -0.286. The molecule has 1 aromatic carbocycles. The monoisotopic (exact) mass is 243 g/mol. The lowest BCUT2D eigenvalue weighted by atomic mass is 9.98. The highest BCUT2D eigenvalue weighted by molar-refractivity contribution is 5.45. The van der Waals surface area contributed by atoms with Gasteiger partial charge in [0.05, 0.1) is 0 Å². The molecule has 17 heavy (non-hydrogen) atoms. The average Bonchev–Trinajstić information content (AvgIpc) is 2.51. The summed E-state index contributed by atoms with van der Waals surface area (Å²) in [6, 6.07) is 4.89. The molecule has 3 nitrogen and oxygen atoms in total. The standard InChI is InChI=1S/C12H15F2NO2/c1-8(4-5-15)6-9-2-3-10-11(7-9)17-12(13,14)16-10/h2-3,7-8H,4-6,15H2,1H3. The van der Waals surface area contributed by atoms with E-state index in [-0.39, 0.29) is 11.5 Å². The number of nitrogens with two attached hydrogens (primary N) is 1. The Morgan fingerprint density at radius 3 is 2.71 bits per heavy atom. The van der Waals surface area contributed by atoms with Crippen LogP contribution in [-0.4, -0.2) is 12.8 Å². The lowest BCUT2D eigenvalue weighted by Gasteiger charge is -2.09. The molecule has 94 valence electrons. The van der Waals surface area contributed by atoms with Gasteiger partial charge in [-0.1, -0.05) is 13.0 Å². The highest BCUT2D eigenvalue weighted by Gasteiger charge is 2.43. The van der Waals surface area contributed by atoms with Crippen molar-refractivity contribution in [2.75, 3.05) is 6.54 Å². The normalized spacial score (nSPS) is 18.1. The fraction of sp³-hybridized carbons (Fsp3) is 0.500. The molecule has 0 aliphatic carbocycles. The number of fused-ring (bicyclic) bond motifs is 1. The molecular formula is C12H15F2NO2. The summed E-state index contributed by atoms with van der Waals surface area (Å²) < 4.78 is 34.3. The number of hydrogen-bond donors (Lipinski definition) is 1. The fourth-order valence-corrected chi connectivity index (χ4v) is 1.91. The minimum absolute atomic E-state index is 0.0882. The van der Waals surface area contributed by atoms with E-state index in [0.717, 1.165) is 18.4 Å². The van der Waals surface area contributed by atoms with Gasteiger partial charge in [-0.3, -0.25) is 0 Å². The van der Waals surface area contributed by atoms with E-state index in [1.54, 1.807) is 12.1 Å². The Hall–Kier alpha value is -1.36. The van der Waals surface area contributed by atoms with Gasteiger partial charge in [-0.15, -0.1) is 8.78 Å². The predicted octanol–water partition coefficient (Wildman–Crippen LogP) is 2.54. The van der Waals surface area contributed by atoms with E-state index in [2.05, 4.69) is 16.4 Å². The minimum Gasteiger partial charge on any atom is -0.395 e. The number of ether oxygens (including phenoxy) is 2. The van der Waals surface area contributed by atoms with Crippen molar-refractivity contribution in [1.29, 1.82) is 0 Å². The molecule has 0 saturated heterocycles. The van der Waals surface area contributed by atoms with Crippen molar-refractivity contribution >= 4 is 0 Å². The van der Waals surface area contributed by atoms with Gasteiger partial charge in [0.15, 0.2) is 11.5 Å². The minimum atomic E-state index is -3.54. The van der Waals surface area contributed by atoms with Crippen molar-refractivity contribution in [3.8, 4) is 11.5 Å². The highest BCUT2D eigenvalue weighted by Crippen LogP contribution is 2.41. The van der Waals surface area contributed by atoms with Crippen LogP contribution in [0.2, 0.25) is 0 Å². The molecular weight excluding hydrogens is 228 g/mol. The van der Waals surface area contributed by atoms with Crippen LogP contribution in [-0.2, 0) is 6.42 Å². The molecule has 2 rings (SSSR count). The second-order valence-electron chi connectivity index (χ2n) is 4.34. The van der Waals surface area contributed by atoms with Gasteiger partial charge in [0.25, 0.3) is 0 Å². The molecule has 1 unspecified atom stereocenters. The Labute approximate surface area is 98.5 Å². The van der Waals surface area contributed by atoms with Gasteiger partial charge in [0, 0.05) is 0 Å². The Morgan fingerprint density at radius 2 is 2.00 bits per heavy atom. The second kappa shape index (κ2) is 4.49. The van der Waals surface area contributed by atoms with Crippen molar-refractivity contribution in [2.45, 2.75) is 26.1 Å². The molecule has 0 aromatic heterocycles. The number of benzene rings is 1. The smallest absolute Gasteiger partial charge is 0.395 e. The van der Waals surface area contributed by atoms with Crippen molar-refractivity contribution in [1.82, 2.24) is 0 Å². The molecule has 5 heteroatoms. The van der Waals surface area contributed by atoms with Crippen molar-refractivity contribution in [3.05, 3.63) is 23.8 Å².